The maximum atomic E-state index is 5.53. The van der Waals surface area contributed by atoms with Crippen LogP contribution >= 0.6 is 0 Å². The maximum Gasteiger partial charge on any atom is 0.164 e. The SMILES string of the molecule is Cc1cc(C)cc(-c2ccc3c(c2)c2cc(-c4cc(C)cc(C)c4)ccc2n3-c2c(-c3ccccc3-n3c4ccccc4c4ccccc43)cc(-c3nc(-c4ccccc4)nc(-c4ccccc4)n3)cc2-c2ccccc2-n2c3ccccc3c3ccccc32)c1. The molecule has 0 spiro atoms. The minimum atomic E-state index is 0.559. The molecule has 6 heteroatoms. The van der Waals surface area contributed by atoms with Crippen molar-refractivity contribution in [3.63, 3.8) is 0 Å². The molecule has 0 saturated heterocycles. The van der Waals surface area contributed by atoms with E-state index in [0.29, 0.717) is 17.5 Å². The van der Waals surface area contributed by atoms with Gasteiger partial charge in [-0.25, -0.2) is 15.0 Å². The summed E-state index contributed by atoms with van der Waals surface area (Å²) in [6, 6.07) is 106. The van der Waals surface area contributed by atoms with E-state index in [0.717, 1.165) is 111 Å². The van der Waals surface area contributed by atoms with Gasteiger partial charge >= 0.3 is 0 Å². The van der Waals surface area contributed by atoms with Gasteiger partial charge in [0.05, 0.1) is 50.2 Å². The molecule has 4 aromatic heterocycles. The molecule has 0 saturated carbocycles. The summed E-state index contributed by atoms with van der Waals surface area (Å²) in [5, 5.41) is 7.07. The lowest BCUT2D eigenvalue weighted by atomic mass is 9.90. The highest BCUT2D eigenvalue weighted by Gasteiger charge is 2.28. The van der Waals surface area contributed by atoms with Crippen molar-refractivity contribution >= 4 is 65.4 Å². The van der Waals surface area contributed by atoms with Gasteiger partial charge in [-0.2, -0.15) is 0 Å². The van der Waals surface area contributed by atoms with Crippen molar-refractivity contribution in [3.05, 3.63) is 313 Å². The Bertz CT molecular complexity index is 5270. The van der Waals surface area contributed by atoms with Gasteiger partial charge in [0.1, 0.15) is 0 Å². The molecule has 0 bridgehead atoms. The highest BCUT2D eigenvalue weighted by molar-refractivity contribution is 6.15. The monoisotopic (exact) mass is 1160 g/mol. The number of hydrogen-bond acceptors (Lipinski definition) is 3. The lowest BCUT2D eigenvalue weighted by Gasteiger charge is -2.24. The van der Waals surface area contributed by atoms with E-state index in [1.165, 1.54) is 54.9 Å². The fourth-order valence-electron chi connectivity index (χ4n) is 14.4. The fourth-order valence-corrected chi connectivity index (χ4v) is 14.4. The Labute approximate surface area is 527 Å². The van der Waals surface area contributed by atoms with Gasteiger partial charge < -0.3 is 13.7 Å². The molecule has 17 rings (SSSR count). The molecule has 0 radical (unpaired) electrons. The third kappa shape index (κ3) is 9.05. The van der Waals surface area contributed by atoms with E-state index < -0.39 is 0 Å². The topological polar surface area (TPSA) is 53.5 Å². The van der Waals surface area contributed by atoms with Crippen LogP contribution in [0.2, 0.25) is 0 Å². The number of aryl methyl sites for hydroxylation is 4. The molecular weight excluding hydrogens is 1100 g/mol. The van der Waals surface area contributed by atoms with E-state index in [1.54, 1.807) is 0 Å². The van der Waals surface area contributed by atoms with Crippen molar-refractivity contribution in [2.75, 3.05) is 0 Å². The van der Waals surface area contributed by atoms with Gasteiger partial charge in [-0.15, -0.1) is 0 Å². The van der Waals surface area contributed by atoms with Crippen molar-refractivity contribution in [1.29, 1.82) is 0 Å². The molecule has 0 fully saturated rings. The van der Waals surface area contributed by atoms with E-state index in [-0.39, 0.29) is 0 Å². The summed E-state index contributed by atoms with van der Waals surface area (Å²) in [6.07, 6.45) is 0. The van der Waals surface area contributed by atoms with Gasteiger partial charge in [0.15, 0.2) is 17.5 Å². The zero-order valence-corrected chi connectivity index (χ0v) is 50.9. The van der Waals surface area contributed by atoms with Crippen LogP contribution in [0.3, 0.4) is 0 Å². The normalized spacial score (nSPS) is 11.7. The van der Waals surface area contributed by atoms with Crippen molar-refractivity contribution in [2.24, 2.45) is 0 Å². The summed E-state index contributed by atoms with van der Waals surface area (Å²) in [5.74, 6) is 1.74. The lowest BCUT2D eigenvalue weighted by Crippen LogP contribution is -2.07. The van der Waals surface area contributed by atoms with Crippen LogP contribution in [0.25, 0.3) is 161 Å². The van der Waals surface area contributed by atoms with Crippen LogP contribution in [0.4, 0.5) is 0 Å². The predicted molar refractivity (Wildman–Crippen MR) is 380 cm³/mol. The quantitative estimate of drug-likeness (QED) is 0.137. The first-order valence-electron chi connectivity index (χ1n) is 31.2. The molecule has 0 amide bonds. The Hall–Kier alpha value is -11.7. The average molecular weight is 1170 g/mol. The molecule has 430 valence electrons. The number of rotatable bonds is 10. The van der Waals surface area contributed by atoms with E-state index in [4.69, 9.17) is 15.0 Å². The van der Waals surface area contributed by atoms with Gasteiger partial charge in [-0.3, -0.25) is 0 Å². The molecule has 13 aromatic carbocycles. The van der Waals surface area contributed by atoms with Crippen LogP contribution < -0.4 is 0 Å². The number of nitrogens with zero attached hydrogens (tertiary/aromatic N) is 6. The number of benzene rings is 13. The van der Waals surface area contributed by atoms with Crippen molar-refractivity contribution in [1.82, 2.24) is 28.7 Å². The first-order valence-corrected chi connectivity index (χ1v) is 31.2. The second kappa shape index (κ2) is 21.5. The molecule has 91 heavy (non-hydrogen) atoms. The molecule has 0 aliphatic carbocycles. The fraction of sp³-hybridized carbons (Fsp3) is 0.0471. The molecular formula is C85H60N6. The van der Waals surface area contributed by atoms with Gasteiger partial charge in [-0.1, -0.05) is 241 Å². The third-order valence-electron chi connectivity index (χ3n) is 18.2. The van der Waals surface area contributed by atoms with Crippen LogP contribution in [-0.4, -0.2) is 28.7 Å². The summed E-state index contributed by atoms with van der Waals surface area (Å²) >= 11 is 0. The predicted octanol–water partition coefficient (Wildman–Crippen LogP) is 22.1. The standard InChI is InChI=1S/C85H60N6/c1-53-43-54(2)46-61(45-53)59-39-41-80-70(49-59)71-50-60(62-47-55(3)44-56(4)48-62)40-42-81(71)91(80)82-72(68-31-15-21-37-78(68)89-74-33-17-11-27-64(74)65-28-12-18-34-75(65)89)51-63(85-87-83(57-23-7-5-8-24-57)86-84(88-85)58-25-9-6-10-26-58)52-73(82)69-32-16-22-38-79(69)90-76-35-19-13-29-66(76)67-30-14-20-36-77(67)90/h5-52H,1-4H3. The average Bonchev–Trinajstić information content (AvgIpc) is 1.70. The van der Waals surface area contributed by atoms with Gasteiger partial charge in [0.2, 0.25) is 0 Å². The van der Waals surface area contributed by atoms with E-state index >= 15 is 0 Å². The first-order chi connectivity index (χ1) is 44.8. The second-order valence-corrected chi connectivity index (χ2v) is 24.3. The summed E-state index contributed by atoms with van der Waals surface area (Å²) in [4.78, 5) is 16.3. The molecule has 0 N–H and O–H groups in total. The smallest absolute Gasteiger partial charge is 0.164 e. The summed E-state index contributed by atoms with van der Waals surface area (Å²) < 4.78 is 7.49. The van der Waals surface area contributed by atoms with Crippen LogP contribution in [0.5, 0.6) is 0 Å². The van der Waals surface area contributed by atoms with Crippen LogP contribution in [0.15, 0.2) is 291 Å². The highest BCUT2D eigenvalue weighted by atomic mass is 15.0. The Morgan fingerprint density at radius 3 is 0.912 bits per heavy atom. The largest absolute Gasteiger partial charge is 0.309 e. The first kappa shape index (κ1) is 53.5. The number of fused-ring (bicyclic) bond motifs is 9. The molecule has 0 unspecified atom stereocenters. The van der Waals surface area contributed by atoms with Crippen molar-refractivity contribution in [3.8, 4) is 95.7 Å². The highest BCUT2D eigenvalue weighted by Crippen LogP contribution is 2.49. The van der Waals surface area contributed by atoms with E-state index in [1.807, 2.05) is 36.4 Å². The van der Waals surface area contributed by atoms with Crippen molar-refractivity contribution < 1.29 is 0 Å². The number of para-hydroxylation sites is 6. The number of hydrogen-bond donors (Lipinski definition) is 0. The summed E-state index contributed by atoms with van der Waals surface area (Å²) in [6.45, 7) is 8.78. The molecule has 0 aliphatic rings. The molecule has 6 nitrogen and oxygen atoms in total. The zero-order valence-electron chi connectivity index (χ0n) is 50.9. The van der Waals surface area contributed by atoms with Crippen LogP contribution in [0, 0.1) is 27.7 Å². The Morgan fingerprint density at radius 1 is 0.209 bits per heavy atom. The third-order valence-corrected chi connectivity index (χ3v) is 18.2. The van der Waals surface area contributed by atoms with Crippen LogP contribution in [0.1, 0.15) is 22.3 Å². The van der Waals surface area contributed by atoms with E-state index in [2.05, 4.69) is 296 Å². The minimum absolute atomic E-state index is 0.559. The summed E-state index contributed by atoms with van der Waals surface area (Å²) in [7, 11) is 0. The number of aromatic nitrogens is 6. The van der Waals surface area contributed by atoms with Gasteiger partial charge in [0.25, 0.3) is 0 Å². The lowest BCUT2D eigenvalue weighted by molar-refractivity contribution is 1.07. The molecule has 0 atom stereocenters. The Kier molecular flexibility index (Phi) is 12.7. The van der Waals surface area contributed by atoms with Crippen molar-refractivity contribution in [2.45, 2.75) is 27.7 Å². The van der Waals surface area contributed by atoms with E-state index in [9.17, 15) is 0 Å². The molecule has 0 aliphatic heterocycles. The maximum absolute atomic E-state index is 5.53. The second-order valence-electron chi connectivity index (χ2n) is 24.3. The summed E-state index contributed by atoms with van der Waals surface area (Å²) in [5.41, 5.74) is 26.1. The molecule has 4 heterocycles. The molecule has 17 aromatic rings. The minimum Gasteiger partial charge on any atom is -0.309 e. The van der Waals surface area contributed by atoms with Gasteiger partial charge in [0, 0.05) is 71.3 Å². The zero-order chi connectivity index (χ0) is 60.8. The van der Waals surface area contributed by atoms with Gasteiger partial charge in [-0.05, 0) is 123 Å². The Balaban J connectivity index is 1.07. The Morgan fingerprint density at radius 2 is 0.527 bits per heavy atom. The van der Waals surface area contributed by atoms with Crippen LogP contribution in [-0.2, 0) is 0 Å².